The lowest BCUT2D eigenvalue weighted by Gasteiger charge is -2.10. The number of aromatic nitrogens is 2. The smallest absolute Gasteiger partial charge is 0.359 e. The largest absolute Gasteiger partial charge is 0.489 e. The molecule has 3 rings (SSSR count). The maximum atomic E-state index is 12.1. The number of hydrogen-bond acceptors (Lipinski definition) is 4. The normalized spacial score (nSPS) is 10.9. The van der Waals surface area contributed by atoms with Crippen molar-refractivity contribution >= 4 is 21.9 Å². The van der Waals surface area contributed by atoms with Gasteiger partial charge in [0.2, 0.25) is 0 Å². The number of carbonyl (C=O) groups excluding carboxylic acids is 1. The molecule has 0 aliphatic heterocycles. The first-order valence-electron chi connectivity index (χ1n) is 9.22. The number of aromatic amines is 1. The van der Waals surface area contributed by atoms with Crippen LogP contribution < -0.4 is 4.74 Å². The number of ether oxygens (including phenoxy) is 2. The molecule has 6 heteroatoms. The van der Waals surface area contributed by atoms with Gasteiger partial charge in [-0.2, -0.15) is 5.10 Å². The number of nitrogens with one attached hydrogen (secondary N) is 1. The molecule has 0 unspecified atom stereocenters. The van der Waals surface area contributed by atoms with Crippen LogP contribution in [-0.2, 0) is 11.3 Å². The third kappa shape index (κ3) is 4.62. The minimum Gasteiger partial charge on any atom is -0.489 e. The highest BCUT2D eigenvalue weighted by atomic mass is 79.9. The fraction of sp³-hybridized carbons (Fsp3) is 0.273. The summed E-state index contributed by atoms with van der Waals surface area (Å²) in [6.45, 7) is 6.92. The van der Waals surface area contributed by atoms with Gasteiger partial charge in [0.15, 0.2) is 5.69 Å². The summed E-state index contributed by atoms with van der Waals surface area (Å²) >= 11 is 3.41. The molecule has 0 saturated carbocycles. The first-order valence-corrected chi connectivity index (χ1v) is 10.0. The van der Waals surface area contributed by atoms with E-state index in [-0.39, 0.29) is 5.69 Å². The maximum absolute atomic E-state index is 12.1. The van der Waals surface area contributed by atoms with Crippen LogP contribution in [0.3, 0.4) is 0 Å². The molecule has 0 bridgehead atoms. The zero-order valence-corrected chi connectivity index (χ0v) is 17.7. The number of rotatable bonds is 7. The third-order valence-corrected chi connectivity index (χ3v) is 4.96. The summed E-state index contributed by atoms with van der Waals surface area (Å²) in [5.41, 5.74) is 4.21. The predicted octanol–water partition coefficient (Wildman–Crippen LogP) is 5.72. The summed E-state index contributed by atoms with van der Waals surface area (Å²) in [5.74, 6) is 0.822. The maximum Gasteiger partial charge on any atom is 0.359 e. The van der Waals surface area contributed by atoms with Gasteiger partial charge in [-0.15, -0.1) is 0 Å². The van der Waals surface area contributed by atoms with Crippen molar-refractivity contribution in [2.24, 2.45) is 0 Å². The molecule has 0 atom stereocenters. The first-order chi connectivity index (χ1) is 13.5. The van der Waals surface area contributed by atoms with Crippen molar-refractivity contribution in [3.63, 3.8) is 0 Å². The molecule has 3 aromatic rings. The minimum atomic E-state index is -0.454. The van der Waals surface area contributed by atoms with Crippen molar-refractivity contribution < 1.29 is 14.3 Å². The summed E-state index contributed by atoms with van der Waals surface area (Å²) < 4.78 is 11.6. The second kappa shape index (κ2) is 9.06. The molecule has 0 saturated heterocycles. The van der Waals surface area contributed by atoms with E-state index in [2.05, 4.69) is 64.2 Å². The van der Waals surface area contributed by atoms with Gasteiger partial charge < -0.3 is 9.47 Å². The van der Waals surface area contributed by atoms with Crippen molar-refractivity contribution in [1.82, 2.24) is 10.2 Å². The number of carbonyl (C=O) groups is 1. The Balaban J connectivity index is 1.70. The van der Waals surface area contributed by atoms with Gasteiger partial charge >= 0.3 is 5.97 Å². The zero-order valence-electron chi connectivity index (χ0n) is 16.2. The van der Waals surface area contributed by atoms with E-state index < -0.39 is 5.97 Å². The summed E-state index contributed by atoms with van der Waals surface area (Å²) in [4.78, 5) is 12.1. The summed E-state index contributed by atoms with van der Waals surface area (Å²) in [6, 6.07) is 16.0. The molecule has 0 aliphatic rings. The standard InChI is InChI=1S/C22H23BrN2O3/c1-4-27-22(26)20-19(21(23)25-24-20)17-9-11-18(12-10-17)28-13-15-5-7-16(8-6-15)14(2)3/h5-12,14H,4,13H2,1-3H3,(H,24,25). The summed E-state index contributed by atoms with van der Waals surface area (Å²) in [7, 11) is 0. The van der Waals surface area contributed by atoms with E-state index in [0.717, 1.165) is 16.9 Å². The Morgan fingerprint density at radius 1 is 1.11 bits per heavy atom. The van der Waals surface area contributed by atoms with Gasteiger partial charge in [-0.25, -0.2) is 4.79 Å². The van der Waals surface area contributed by atoms with E-state index in [4.69, 9.17) is 9.47 Å². The number of H-pyrrole nitrogens is 1. The van der Waals surface area contributed by atoms with Gasteiger partial charge in [-0.1, -0.05) is 50.2 Å². The SMILES string of the molecule is CCOC(=O)c1n[nH]c(Br)c1-c1ccc(OCc2ccc(C(C)C)cc2)cc1. The molecule has 1 heterocycles. The molecule has 146 valence electrons. The van der Waals surface area contributed by atoms with E-state index in [9.17, 15) is 4.79 Å². The Labute approximate surface area is 173 Å². The molecule has 28 heavy (non-hydrogen) atoms. The number of hydrogen-bond donors (Lipinski definition) is 1. The van der Waals surface area contributed by atoms with E-state index >= 15 is 0 Å². The molecule has 1 aromatic heterocycles. The Bertz CT molecular complexity index is 931. The van der Waals surface area contributed by atoms with Gasteiger partial charge in [0.05, 0.1) is 6.61 Å². The van der Waals surface area contributed by atoms with Crippen LogP contribution in [0.2, 0.25) is 0 Å². The Morgan fingerprint density at radius 3 is 2.39 bits per heavy atom. The lowest BCUT2D eigenvalue weighted by atomic mass is 10.0. The van der Waals surface area contributed by atoms with Crippen molar-refractivity contribution in [3.8, 4) is 16.9 Å². The predicted molar refractivity (Wildman–Crippen MR) is 113 cm³/mol. The van der Waals surface area contributed by atoms with Crippen LogP contribution in [-0.4, -0.2) is 22.8 Å². The van der Waals surface area contributed by atoms with E-state index in [0.29, 0.717) is 29.3 Å². The molecule has 5 nitrogen and oxygen atoms in total. The molecule has 0 fully saturated rings. The number of halogens is 1. The van der Waals surface area contributed by atoms with Gasteiger partial charge in [0, 0.05) is 5.56 Å². The highest BCUT2D eigenvalue weighted by molar-refractivity contribution is 9.10. The third-order valence-electron chi connectivity index (χ3n) is 4.39. The fourth-order valence-electron chi connectivity index (χ4n) is 2.81. The molecule has 0 radical (unpaired) electrons. The van der Waals surface area contributed by atoms with Crippen molar-refractivity contribution in [1.29, 1.82) is 0 Å². The molecule has 0 amide bonds. The summed E-state index contributed by atoms with van der Waals surface area (Å²) in [6.07, 6.45) is 0. The average molecular weight is 443 g/mol. The van der Waals surface area contributed by atoms with Crippen LogP contribution in [0.25, 0.3) is 11.1 Å². The topological polar surface area (TPSA) is 64.2 Å². The second-order valence-electron chi connectivity index (χ2n) is 6.69. The second-order valence-corrected chi connectivity index (χ2v) is 7.48. The van der Waals surface area contributed by atoms with Crippen LogP contribution in [0, 0.1) is 0 Å². The number of esters is 1. The quantitative estimate of drug-likeness (QED) is 0.475. The average Bonchev–Trinajstić information content (AvgIpc) is 3.09. The number of nitrogens with zero attached hydrogens (tertiary/aromatic N) is 1. The Kier molecular flexibility index (Phi) is 6.52. The van der Waals surface area contributed by atoms with Crippen molar-refractivity contribution in [3.05, 3.63) is 70.0 Å². The van der Waals surface area contributed by atoms with Crippen molar-refractivity contribution in [2.45, 2.75) is 33.3 Å². The van der Waals surface area contributed by atoms with Crippen LogP contribution in [0.5, 0.6) is 5.75 Å². The lowest BCUT2D eigenvalue weighted by Crippen LogP contribution is -2.06. The van der Waals surface area contributed by atoms with Crippen LogP contribution >= 0.6 is 15.9 Å². The van der Waals surface area contributed by atoms with Gasteiger partial charge in [-0.05, 0) is 57.6 Å². The van der Waals surface area contributed by atoms with Gasteiger partial charge in [0.1, 0.15) is 17.0 Å². The highest BCUT2D eigenvalue weighted by Gasteiger charge is 2.21. The van der Waals surface area contributed by atoms with Gasteiger partial charge in [-0.3, -0.25) is 5.10 Å². The monoisotopic (exact) mass is 442 g/mol. The zero-order chi connectivity index (χ0) is 20.1. The molecule has 2 aromatic carbocycles. The fourth-order valence-corrected chi connectivity index (χ4v) is 3.32. The Hall–Kier alpha value is -2.60. The molecule has 0 aliphatic carbocycles. The minimum absolute atomic E-state index is 0.257. The first kappa shape index (κ1) is 20.1. The van der Waals surface area contributed by atoms with Crippen molar-refractivity contribution in [2.75, 3.05) is 6.61 Å². The molecular weight excluding hydrogens is 420 g/mol. The van der Waals surface area contributed by atoms with E-state index in [1.54, 1.807) is 6.92 Å². The molecule has 0 spiro atoms. The van der Waals surface area contributed by atoms with E-state index in [1.165, 1.54) is 5.56 Å². The van der Waals surface area contributed by atoms with Crippen LogP contribution in [0.4, 0.5) is 0 Å². The molecular formula is C22H23BrN2O3. The number of benzene rings is 2. The van der Waals surface area contributed by atoms with Crippen LogP contribution in [0.15, 0.2) is 53.1 Å². The Morgan fingerprint density at radius 2 is 1.79 bits per heavy atom. The van der Waals surface area contributed by atoms with E-state index in [1.807, 2.05) is 24.3 Å². The van der Waals surface area contributed by atoms with Crippen LogP contribution in [0.1, 0.15) is 48.3 Å². The highest BCUT2D eigenvalue weighted by Crippen LogP contribution is 2.31. The lowest BCUT2D eigenvalue weighted by molar-refractivity contribution is 0.0520. The summed E-state index contributed by atoms with van der Waals surface area (Å²) in [5, 5.41) is 6.83. The van der Waals surface area contributed by atoms with Gasteiger partial charge in [0.25, 0.3) is 0 Å². The molecule has 1 N–H and O–H groups in total.